The van der Waals surface area contributed by atoms with E-state index in [1.54, 1.807) is 91.0 Å². The van der Waals surface area contributed by atoms with E-state index in [4.69, 9.17) is 34.8 Å². The van der Waals surface area contributed by atoms with E-state index in [0.717, 1.165) is 83.8 Å². The standard InChI is InChI=1S/3C16H9ClF3N3O.3C16H13N3O.Cu.Ni.Zn/c3*17-12-7-10(16(18,19)20)8-21-15(12)23-22-14-11-4-2-1-3-9(11)5-6-13(14)24;3*1-11-5-4-8-15(17-11)18-19-16-13-7-3-2-6-12(13)9-10-14(16)20;;;/h3*1-8,24H;3*2-10,20H,1H3;;;. The molecule has 1 radical (unpaired) electrons. The molecule has 0 spiro atoms. The summed E-state index contributed by atoms with van der Waals surface area (Å²) < 4.78 is 113. The van der Waals surface area contributed by atoms with E-state index in [1.807, 2.05) is 185 Å². The van der Waals surface area contributed by atoms with Crippen molar-refractivity contribution in [2.24, 2.45) is 61.4 Å². The molecule has 6 aromatic heterocycles. The molecule has 6 heterocycles. The molecule has 135 heavy (non-hydrogen) atoms. The molecule has 0 aliphatic carbocycles. The normalized spacial score (nSPS) is 11.5. The van der Waals surface area contributed by atoms with Gasteiger partial charge in [-0.3, -0.25) is 0 Å². The molecule has 0 bridgehead atoms. The Morgan fingerprint density at radius 2 is 0.430 bits per heavy atom. The van der Waals surface area contributed by atoms with Crippen LogP contribution in [0.5, 0.6) is 34.5 Å². The van der Waals surface area contributed by atoms with Crippen molar-refractivity contribution >= 4 is 168 Å². The topological polar surface area (TPSA) is 347 Å². The van der Waals surface area contributed by atoms with E-state index in [9.17, 15) is 70.2 Å². The second kappa shape index (κ2) is 46.6. The number of nitrogens with zero attached hydrogens (tertiary/aromatic N) is 18. The third-order valence-electron chi connectivity index (χ3n) is 18.8. The Labute approximate surface area is 809 Å². The molecule has 18 rings (SSSR count). The van der Waals surface area contributed by atoms with Crippen LogP contribution in [0.3, 0.4) is 0 Å². The van der Waals surface area contributed by atoms with Crippen molar-refractivity contribution in [2.45, 2.75) is 39.3 Å². The van der Waals surface area contributed by atoms with Crippen LogP contribution in [-0.4, -0.2) is 60.5 Å². The Bertz CT molecular complexity index is 6820. The summed E-state index contributed by atoms with van der Waals surface area (Å²) in [4.78, 5) is 23.5. The maximum absolute atomic E-state index is 12.6. The number of aryl methyl sites for hydroxylation is 3. The van der Waals surface area contributed by atoms with Crippen molar-refractivity contribution in [3.05, 3.63) is 359 Å². The van der Waals surface area contributed by atoms with Crippen molar-refractivity contribution in [3.63, 3.8) is 0 Å². The number of aromatic hydroxyl groups is 6. The second-order valence-corrected chi connectivity index (χ2v) is 29.3. The maximum Gasteiger partial charge on any atom is 0.417 e. The maximum atomic E-state index is 12.6. The van der Waals surface area contributed by atoms with Crippen LogP contribution in [0.25, 0.3) is 64.6 Å². The summed E-state index contributed by atoms with van der Waals surface area (Å²) in [5.74, 6) is 1.07. The van der Waals surface area contributed by atoms with Gasteiger partial charge < -0.3 is 30.6 Å². The molecule has 0 unspecified atom stereocenters. The van der Waals surface area contributed by atoms with Crippen molar-refractivity contribution in [2.75, 3.05) is 0 Å². The number of azo groups is 6. The third kappa shape index (κ3) is 27.1. The molecule has 0 atom stereocenters. The van der Waals surface area contributed by atoms with E-state index in [-0.39, 0.29) is 137 Å². The minimum Gasteiger partial charge on any atom is -0.506 e. The minimum absolute atomic E-state index is 0. The van der Waals surface area contributed by atoms with Gasteiger partial charge in [-0.1, -0.05) is 235 Å². The van der Waals surface area contributed by atoms with Crippen LogP contribution < -0.4 is 0 Å². The van der Waals surface area contributed by atoms with Crippen LogP contribution in [0.2, 0.25) is 15.1 Å². The largest absolute Gasteiger partial charge is 0.506 e. The van der Waals surface area contributed by atoms with Gasteiger partial charge in [0, 0.05) is 121 Å². The van der Waals surface area contributed by atoms with Gasteiger partial charge >= 0.3 is 18.5 Å². The molecule has 0 aliphatic rings. The number of hydrogen-bond acceptors (Lipinski definition) is 24. The molecular weight excluding hydrogens is 1970 g/mol. The van der Waals surface area contributed by atoms with Gasteiger partial charge in [0.05, 0.1) is 31.8 Å². The van der Waals surface area contributed by atoms with E-state index < -0.39 is 35.2 Å². The summed E-state index contributed by atoms with van der Waals surface area (Å²) in [6.45, 7) is 5.69. The minimum atomic E-state index is -4.54. The number of alkyl halides is 9. The number of phenols is 6. The fourth-order valence-corrected chi connectivity index (χ4v) is 13.0. The summed E-state index contributed by atoms with van der Waals surface area (Å²) in [7, 11) is 0. The summed E-state index contributed by atoms with van der Waals surface area (Å²) in [6.07, 6.45) is -11.7. The number of rotatable bonds is 12. The molecule has 683 valence electrons. The Hall–Kier alpha value is -14.6. The van der Waals surface area contributed by atoms with Crippen LogP contribution in [0.1, 0.15) is 33.8 Å². The van der Waals surface area contributed by atoms with Crippen molar-refractivity contribution in [3.8, 4) is 34.5 Å². The Kier molecular flexibility index (Phi) is 35.4. The number of hydrogen-bond donors (Lipinski definition) is 6. The van der Waals surface area contributed by atoms with Crippen LogP contribution in [0, 0.1) is 20.8 Å². The van der Waals surface area contributed by atoms with E-state index in [0.29, 0.717) is 69.3 Å². The zero-order valence-corrected chi connectivity index (χ0v) is 77.2. The van der Waals surface area contributed by atoms with Crippen LogP contribution in [-0.2, 0) is 71.6 Å². The second-order valence-electron chi connectivity index (χ2n) is 28.1. The van der Waals surface area contributed by atoms with Crippen molar-refractivity contribution < 1.29 is 123 Å². The average molecular weight is 2030 g/mol. The molecule has 0 aliphatic heterocycles. The first-order valence-corrected chi connectivity index (χ1v) is 40.2. The first-order chi connectivity index (χ1) is 63.3. The average Bonchev–Trinajstić information content (AvgIpc) is 0.828. The fourth-order valence-electron chi connectivity index (χ4n) is 12.4. The molecule has 0 saturated carbocycles. The van der Waals surface area contributed by atoms with Gasteiger partial charge in [-0.15, -0.1) is 61.4 Å². The smallest absolute Gasteiger partial charge is 0.417 e. The van der Waals surface area contributed by atoms with E-state index >= 15 is 0 Å². The molecule has 0 fully saturated rings. The number of halogens is 12. The van der Waals surface area contributed by atoms with Gasteiger partial charge in [0.25, 0.3) is 0 Å². The number of fused-ring (bicyclic) bond motifs is 6. The number of phenolic OH excluding ortho intramolecular Hbond substituents is 6. The Morgan fingerprint density at radius 1 is 0.244 bits per heavy atom. The predicted molar refractivity (Wildman–Crippen MR) is 488 cm³/mol. The van der Waals surface area contributed by atoms with Gasteiger partial charge in [0.1, 0.15) is 68.6 Å². The molecule has 6 N–H and O–H groups in total. The number of pyridine rings is 6. The molecule has 18 aromatic rings. The summed E-state index contributed by atoms with van der Waals surface area (Å²) >= 11 is 17.3. The van der Waals surface area contributed by atoms with Gasteiger partial charge in [0.15, 0.2) is 34.9 Å². The zero-order valence-electron chi connectivity index (χ0n) is 70.0. The first-order valence-electron chi connectivity index (χ1n) is 39.0. The van der Waals surface area contributed by atoms with Gasteiger partial charge in [-0.2, -0.15) is 39.5 Å². The van der Waals surface area contributed by atoms with Gasteiger partial charge in [-0.05, 0) is 144 Å². The van der Waals surface area contributed by atoms with E-state index in [2.05, 4.69) is 91.3 Å². The monoisotopic (exact) mass is 2030 g/mol. The third-order valence-corrected chi connectivity index (χ3v) is 19.7. The van der Waals surface area contributed by atoms with Gasteiger partial charge in [-0.25, -0.2) is 29.9 Å². The van der Waals surface area contributed by atoms with Crippen LogP contribution >= 0.6 is 34.8 Å². The van der Waals surface area contributed by atoms with E-state index in [1.165, 1.54) is 18.2 Å². The SMILES string of the molecule is Cc1cccc(N=Nc2c(O)ccc3ccccc23)n1.Cc1cccc(N=Nc2c(O)ccc3ccccc23)n1.Cc1cccc(N=Nc2c(O)ccc3ccccc23)n1.Oc1ccc2ccccc2c1N=Nc1ncc(C(F)(F)F)cc1Cl.Oc1ccc2ccccc2c1N=Nc1ncc(C(F)(F)F)cc1Cl.Oc1ccc2ccccc2c1N=Nc1ncc(C(F)(F)F)cc1Cl.[Cu].[Ni].[Zn]. The summed E-state index contributed by atoms with van der Waals surface area (Å²) in [5.41, 5.74) is 1.67. The molecule has 24 nitrogen and oxygen atoms in total. The molecule has 12 aromatic carbocycles. The van der Waals surface area contributed by atoms with Crippen LogP contribution in [0.4, 0.5) is 109 Å². The summed E-state index contributed by atoms with van der Waals surface area (Å²) in [6, 6.07) is 83.5. The Morgan fingerprint density at radius 3 is 0.607 bits per heavy atom. The van der Waals surface area contributed by atoms with Crippen molar-refractivity contribution in [1.82, 2.24) is 29.9 Å². The molecule has 39 heteroatoms. The molecular formula is C96H66Cl3CuF9N18NiO6Zn. The molecule has 0 amide bonds. The molecule has 0 saturated heterocycles. The quantitative estimate of drug-likeness (QED) is 0.0378. The zero-order chi connectivity index (χ0) is 93.8. The fraction of sp³-hybridized carbons (Fsp3) is 0.0625. The van der Waals surface area contributed by atoms with Crippen molar-refractivity contribution in [1.29, 1.82) is 0 Å². The number of aromatic nitrogens is 6. The van der Waals surface area contributed by atoms with Crippen LogP contribution in [0.15, 0.2) is 371 Å². The van der Waals surface area contributed by atoms with Gasteiger partial charge in [0.2, 0.25) is 0 Å². The Balaban J connectivity index is 0.000000167. The number of benzene rings is 12. The first kappa shape index (κ1) is 102. The predicted octanol–water partition coefficient (Wildman–Crippen LogP) is 32.1. The summed E-state index contributed by atoms with van der Waals surface area (Å²) in [5, 5.41) is 117.